The van der Waals surface area contributed by atoms with Crippen LogP contribution in [0.2, 0.25) is 0 Å². The number of rotatable bonds is 11. The molecule has 2 atom stereocenters. The monoisotopic (exact) mass is 552 g/mol. The van der Waals surface area contributed by atoms with Gasteiger partial charge in [-0.3, -0.25) is 0 Å². The molecule has 3 aromatic rings. The van der Waals surface area contributed by atoms with Gasteiger partial charge in [-0.05, 0) is 55.4 Å². The van der Waals surface area contributed by atoms with E-state index in [1.807, 2.05) is 49.4 Å². The number of benzene rings is 2. The summed E-state index contributed by atoms with van der Waals surface area (Å²) in [6.45, 7) is 3.19. The van der Waals surface area contributed by atoms with Crippen molar-refractivity contribution in [3.63, 3.8) is 0 Å². The summed E-state index contributed by atoms with van der Waals surface area (Å²) in [5.74, 6) is 0.635. The Morgan fingerprint density at radius 1 is 1.03 bits per heavy atom. The standard InChI is InChI=1S/C28H31F3N2O2.2H2S/c1-19-7-11-22(12-8-19)25-14-23(15-27(33-25)28(29,30)31)26(34)16-32-24(18-35-17-21-9-10-21)13-20-5-3-2-4-6-20;;/h2-8,11-12,14-15,21,24,26,32,34H,9-10,13,16-18H2,1H3;2*1H2/t24-,26+;;/m0../s1. The molecule has 1 aliphatic rings. The first kappa shape index (κ1) is 31.2. The number of halogens is 3. The highest BCUT2D eigenvalue weighted by Crippen LogP contribution is 2.32. The fraction of sp³-hybridized carbons (Fsp3) is 0.393. The molecular formula is C28H35F3N2O2S2. The van der Waals surface area contributed by atoms with Gasteiger partial charge in [-0.25, -0.2) is 4.98 Å². The van der Waals surface area contributed by atoms with Crippen LogP contribution >= 0.6 is 27.0 Å². The maximum atomic E-state index is 13.6. The predicted molar refractivity (Wildman–Crippen MR) is 151 cm³/mol. The van der Waals surface area contributed by atoms with E-state index in [0.29, 0.717) is 31.1 Å². The van der Waals surface area contributed by atoms with Gasteiger partial charge in [0.25, 0.3) is 0 Å². The van der Waals surface area contributed by atoms with Crippen LogP contribution in [0.4, 0.5) is 13.2 Å². The molecule has 1 heterocycles. The number of aryl methyl sites for hydroxylation is 1. The molecule has 202 valence electrons. The van der Waals surface area contributed by atoms with Crippen LogP contribution in [-0.4, -0.2) is 35.9 Å². The molecule has 4 rings (SSSR count). The lowest BCUT2D eigenvalue weighted by molar-refractivity contribution is -0.141. The van der Waals surface area contributed by atoms with Gasteiger partial charge in [0.1, 0.15) is 5.69 Å². The molecule has 2 N–H and O–H groups in total. The van der Waals surface area contributed by atoms with E-state index in [0.717, 1.165) is 17.2 Å². The summed E-state index contributed by atoms with van der Waals surface area (Å²) in [7, 11) is 0. The minimum absolute atomic E-state index is 0. The van der Waals surface area contributed by atoms with E-state index in [2.05, 4.69) is 10.3 Å². The Bertz CT molecular complexity index is 1090. The summed E-state index contributed by atoms with van der Waals surface area (Å²) in [6.07, 6.45) is -2.67. The molecule has 0 aliphatic heterocycles. The Kier molecular flexibility index (Phi) is 12.0. The van der Waals surface area contributed by atoms with E-state index in [1.54, 1.807) is 12.1 Å². The Morgan fingerprint density at radius 3 is 2.32 bits per heavy atom. The second kappa shape index (κ2) is 14.2. The van der Waals surface area contributed by atoms with Crippen molar-refractivity contribution in [1.29, 1.82) is 0 Å². The average molecular weight is 553 g/mol. The summed E-state index contributed by atoms with van der Waals surface area (Å²) in [5, 5.41) is 14.2. The first-order chi connectivity index (χ1) is 16.8. The first-order valence-corrected chi connectivity index (χ1v) is 12.0. The quantitative estimate of drug-likeness (QED) is 0.308. The minimum Gasteiger partial charge on any atom is -0.387 e. The van der Waals surface area contributed by atoms with Crippen molar-refractivity contribution in [2.45, 2.75) is 44.5 Å². The smallest absolute Gasteiger partial charge is 0.387 e. The highest BCUT2D eigenvalue weighted by molar-refractivity contribution is 7.59. The third kappa shape index (κ3) is 9.65. The highest BCUT2D eigenvalue weighted by Gasteiger charge is 2.34. The van der Waals surface area contributed by atoms with Gasteiger partial charge in [0, 0.05) is 24.8 Å². The molecule has 0 amide bonds. The topological polar surface area (TPSA) is 54.4 Å². The lowest BCUT2D eigenvalue weighted by Crippen LogP contribution is -2.38. The number of ether oxygens (including phenoxy) is 1. The summed E-state index contributed by atoms with van der Waals surface area (Å²) in [4.78, 5) is 3.82. The van der Waals surface area contributed by atoms with Gasteiger partial charge in [-0.1, -0.05) is 60.2 Å². The molecular weight excluding hydrogens is 517 g/mol. The van der Waals surface area contributed by atoms with Crippen molar-refractivity contribution in [1.82, 2.24) is 10.3 Å². The molecule has 0 spiro atoms. The highest BCUT2D eigenvalue weighted by atomic mass is 32.1. The molecule has 37 heavy (non-hydrogen) atoms. The zero-order valence-electron chi connectivity index (χ0n) is 20.8. The van der Waals surface area contributed by atoms with Crippen molar-refractivity contribution < 1.29 is 23.0 Å². The van der Waals surface area contributed by atoms with Gasteiger partial charge in [0.05, 0.1) is 18.4 Å². The second-order valence-electron chi connectivity index (χ2n) is 9.33. The van der Waals surface area contributed by atoms with E-state index in [9.17, 15) is 18.3 Å². The molecule has 1 fully saturated rings. The van der Waals surface area contributed by atoms with Crippen LogP contribution in [0.1, 0.15) is 41.3 Å². The first-order valence-electron chi connectivity index (χ1n) is 12.0. The van der Waals surface area contributed by atoms with Crippen LogP contribution in [0.25, 0.3) is 11.3 Å². The molecule has 0 unspecified atom stereocenters. The van der Waals surface area contributed by atoms with Crippen molar-refractivity contribution in [3.8, 4) is 11.3 Å². The van der Waals surface area contributed by atoms with Crippen LogP contribution < -0.4 is 5.32 Å². The molecule has 4 nitrogen and oxygen atoms in total. The number of aliphatic hydroxyl groups excluding tert-OH is 1. The van der Waals surface area contributed by atoms with Gasteiger partial charge in [0.2, 0.25) is 0 Å². The number of alkyl halides is 3. The fourth-order valence-corrected chi connectivity index (χ4v) is 3.91. The van der Waals surface area contributed by atoms with Crippen molar-refractivity contribution >= 4 is 27.0 Å². The van der Waals surface area contributed by atoms with E-state index < -0.39 is 18.0 Å². The fourth-order valence-electron chi connectivity index (χ4n) is 3.91. The van der Waals surface area contributed by atoms with Gasteiger partial charge < -0.3 is 15.2 Å². The zero-order chi connectivity index (χ0) is 24.8. The lowest BCUT2D eigenvalue weighted by Gasteiger charge is -2.22. The number of hydrogen-bond donors (Lipinski definition) is 2. The minimum atomic E-state index is -4.62. The number of nitrogens with zero attached hydrogens (tertiary/aromatic N) is 1. The van der Waals surface area contributed by atoms with Gasteiger partial charge in [-0.15, -0.1) is 0 Å². The lowest BCUT2D eigenvalue weighted by atomic mass is 10.0. The van der Waals surface area contributed by atoms with Gasteiger partial charge in [-0.2, -0.15) is 40.2 Å². The average Bonchev–Trinajstić information content (AvgIpc) is 3.67. The molecule has 0 radical (unpaired) electrons. The zero-order valence-corrected chi connectivity index (χ0v) is 22.8. The number of aromatic nitrogens is 1. The molecule has 1 aromatic heterocycles. The van der Waals surface area contributed by atoms with E-state index in [4.69, 9.17) is 4.74 Å². The number of aliphatic hydroxyl groups is 1. The van der Waals surface area contributed by atoms with Crippen LogP contribution in [0.15, 0.2) is 66.7 Å². The molecule has 1 aliphatic carbocycles. The number of hydrogen-bond acceptors (Lipinski definition) is 4. The maximum Gasteiger partial charge on any atom is 0.433 e. The molecule has 2 aromatic carbocycles. The van der Waals surface area contributed by atoms with Gasteiger partial charge in [0.15, 0.2) is 0 Å². The maximum absolute atomic E-state index is 13.6. The summed E-state index contributed by atoms with van der Waals surface area (Å²) in [6, 6.07) is 19.4. The second-order valence-corrected chi connectivity index (χ2v) is 9.33. The van der Waals surface area contributed by atoms with Crippen LogP contribution in [-0.2, 0) is 17.3 Å². The summed E-state index contributed by atoms with van der Waals surface area (Å²) < 4.78 is 46.6. The van der Waals surface area contributed by atoms with E-state index in [1.165, 1.54) is 18.9 Å². The van der Waals surface area contributed by atoms with Gasteiger partial charge >= 0.3 is 6.18 Å². The van der Waals surface area contributed by atoms with Crippen molar-refractivity contribution in [2.75, 3.05) is 19.8 Å². The van der Waals surface area contributed by atoms with Crippen LogP contribution in [0.3, 0.4) is 0 Å². The molecule has 0 saturated heterocycles. The third-order valence-corrected chi connectivity index (χ3v) is 6.16. The third-order valence-electron chi connectivity index (χ3n) is 6.16. The Hall–Kier alpha value is -2.04. The van der Waals surface area contributed by atoms with E-state index >= 15 is 0 Å². The molecule has 1 saturated carbocycles. The molecule has 0 bridgehead atoms. The number of pyridine rings is 1. The van der Waals surface area contributed by atoms with Crippen LogP contribution in [0.5, 0.6) is 0 Å². The Balaban J connectivity index is 0.00000241. The predicted octanol–water partition coefficient (Wildman–Crippen LogP) is 5.96. The summed E-state index contributed by atoms with van der Waals surface area (Å²) >= 11 is 0. The van der Waals surface area contributed by atoms with Crippen molar-refractivity contribution in [2.24, 2.45) is 5.92 Å². The molecule has 9 heteroatoms. The van der Waals surface area contributed by atoms with E-state index in [-0.39, 0.29) is 50.8 Å². The normalized spacial score (nSPS) is 14.8. The number of nitrogens with one attached hydrogen (secondary N) is 1. The Morgan fingerprint density at radius 2 is 1.70 bits per heavy atom. The summed E-state index contributed by atoms with van der Waals surface area (Å²) in [5.41, 5.74) is 2.03. The SMILES string of the molecule is Cc1ccc(-c2cc([C@H](O)CN[C@H](COCC3CC3)Cc3ccccc3)cc(C(F)(F)F)n2)cc1.S.S. The van der Waals surface area contributed by atoms with Crippen molar-refractivity contribution in [3.05, 3.63) is 89.1 Å². The van der Waals surface area contributed by atoms with Crippen LogP contribution in [0, 0.1) is 12.8 Å². The largest absolute Gasteiger partial charge is 0.433 e. The Labute approximate surface area is 230 Å².